The van der Waals surface area contributed by atoms with E-state index in [-0.39, 0.29) is 0 Å². The average molecular weight is 190 g/mol. The van der Waals surface area contributed by atoms with Crippen LogP contribution in [0.2, 0.25) is 0 Å². The first-order chi connectivity index (χ1) is 6.86. The van der Waals surface area contributed by atoms with Crippen molar-refractivity contribution in [2.24, 2.45) is 0 Å². The summed E-state index contributed by atoms with van der Waals surface area (Å²) in [5, 5.41) is 3.30. The van der Waals surface area contributed by atoms with Gasteiger partial charge in [0.1, 0.15) is 0 Å². The molecule has 0 aliphatic carbocycles. The minimum Gasteiger partial charge on any atom is -0.314 e. The molecule has 1 aliphatic heterocycles. The molecule has 0 spiro atoms. The summed E-state index contributed by atoms with van der Waals surface area (Å²) in [4.78, 5) is 2.45. The number of benzene rings is 1. The highest BCUT2D eigenvalue weighted by Crippen LogP contribution is 2.05. The maximum absolute atomic E-state index is 3.30. The standard InChI is InChI=1S/C12H18N2/c1-14(12-9-13-10-12)8-7-11-5-3-2-4-6-11/h2-6,12-13H,7-10H2,1H3. The van der Waals surface area contributed by atoms with E-state index in [4.69, 9.17) is 0 Å². The fraction of sp³-hybridized carbons (Fsp3) is 0.500. The van der Waals surface area contributed by atoms with Crippen molar-refractivity contribution in [2.45, 2.75) is 12.5 Å². The molecule has 0 radical (unpaired) electrons. The van der Waals surface area contributed by atoms with E-state index in [9.17, 15) is 0 Å². The fourth-order valence-corrected chi connectivity index (χ4v) is 1.72. The van der Waals surface area contributed by atoms with Crippen molar-refractivity contribution in [1.29, 1.82) is 0 Å². The number of nitrogens with one attached hydrogen (secondary N) is 1. The Hall–Kier alpha value is -0.860. The predicted molar refractivity (Wildman–Crippen MR) is 59.4 cm³/mol. The van der Waals surface area contributed by atoms with Crippen LogP contribution in [0.25, 0.3) is 0 Å². The lowest BCUT2D eigenvalue weighted by atomic mass is 10.1. The molecule has 14 heavy (non-hydrogen) atoms. The van der Waals surface area contributed by atoms with Gasteiger partial charge in [0.05, 0.1) is 0 Å². The van der Waals surface area contributed by atoms with Gasteiger partial charge >= 0.3 is 0 Å². The van der Waals surface area contributed by atoms with Crippen LogP contribution in [0, 0.1) is 0 Å². The average Bonchev–Trinajstić information content (AvgIpc) is 2.14. The molecule has 1 aromatic rings. The van der Waals surface area contributed by atoms with E-state index in [2.05, 4.69) is 47.6 Å². The molecular weight excluding hydrogens is 172 g/mol. The SMILES string of the molecule is CN(CCc1ccccc1)C1CNC1. The Balaban J connectivity index is 1.76. The van der Waals surface area contributed by atoms with E-state index in [1.807, 2.05) is 0 Å². The molecule has 1 N–H and O–H groups in total. The first-order valence-corrected chi connectivity index (χ1v) is 5.31. The van der Waals surface area contributed by atoms with Crippen molar-refractivity contribution < 1.29 is 0 Å². The van der Waals surface area contributed by atoms with E-state index < -0.39 is 0 Å². The van der Waals surface area contributed by atoms with E-state index in [0.717, 1.165) is 32.1 Å². The second-order valence-corrected chi connectivity index (χ2v) is 4.03. The van der Waals surface area contributed by atoms with Gasteiger partial charge in [0.2, 0.25) is 0 Å². The van der Waals surface area contributed by atoms with Crippen LogP contribution in [0.5, 0.6) is 0 Å². The maximum Gasteiger partial charge on any atom is 0.0342 e. The minimum absolute atomic E-state index is 0.763. The van der Waals surface area contributed by atoms with Gasteiger partial charge in [-0.1, -0.05) is 30.3 Å². The van der Waals surface area contributed by atoms with Crippen LogP contribution >= 0.6 is 0 Å². The fourth-order valence-electron chi connectivity index (χ4n) is 1.72. The number of nitrogens with zero attached hydrogens (tertiary/aromatic N) is 1. The summed E-state index contributed by atoms with van der Waals surface area (Å²) in [6.45, 7) is 3.48. The topological polar surface area (TPSA) is 15.3 Å². The summed E-state index contributed by atoms with van der Waals surface area (Å²) in [6.07, 6.45) is 1.16. The summed E-state index contributed by atoms with van der Waals surface area (Å²) < 4.78 is 0. The molecule has 0 amide bonds. The van der Waals surface area contributed by atoms with Crippen LogP contribution in [0.15, 0.2) is 30.3 Å². The number of hydrogen-bond donors (Lipinski definition) is 1. The zero-order valence-electron chi connectivity index (χ0n) is 8.74. The lowest BCUT2D eigenvalue weighted by molar-refractivity contribution is 0.182. The maximum atomic E-state index is 3.30. The molecule has 1 aliphatic rings. The summed E-state index contributed by atoms with van der Waals surface area (Å²) in [5.41, 5.74) is 1.44. The van der Waals surface area contributed by atoms with E-state index >= 15 is 0 Å². The molecule has 1 fully saturated rings. The predicted octanol–water partition coefficient (Wildman–Crippen LogP) is 1.13. The van der Waals surface area contributed by atoms with Crippen LogP contribution in [-0.2, 0) is 6.42 Å². The molecule has 1 heterocycles. The Bertz CT molecular complexity index is 267. The van der Waals surface area contributed by atoms with Crippen molar-refractivity contribution in [3.63, 3.8) is 0 Å². The summed E-state index contributed by atoms with van der Waals surface area (Å²) in [5.74, 6) is 0. The quantitative estimate of drug-likeness (QED) is 0.765. The third-order valence-electron chi connectivity index (χ3n) is 2.98. The van der Waals surface area contributed by atoms with Gasteiger partial charge in [-0.05, 0) is 19.0 Å². The second kappa shape index (κ2) is 4.58. The molecule has 1 saturated heterocycles. The molecule has 2 rings (SSSR count). The first kappa shape index (κ1) is 9.69. The van der Waals surface area contributed by atoms with Crippen LogP contribution < -0.4 is 5.32 Å². The van der Waals surface area contributed by atoms with Crippen LogP contribution in [-0.4, -0.2) is 37.6 Å². The van der Waals surface area contributed by atoms with Crippen LogP contribution in [0.1, 0.15) is 5.56 Å². The van der Waals surface area contributed by atoms with Gasteiger partial charge in [0, 0.05) is 25.7 Å². The van der Waals surface area contributed by atoms with Gasteiger partial charge in [-0.15, -0.1) is 0 Å². The number of rotatable bonds is 4. The Morgan fingerprint density at radius 3 is 2.57 bits per heavy atom. The lowest BCUT2D eigenvalue weighted by Crippen LogP contribution is -2.56. The molecule has 0 bridgehead atoms. The smallest absolute Gasteiger partial charge is 0.0342 e. The van der Waals surface area contributed by atoms with E-state index in [1.54, 1.807) is 0 Å². The Kier molecular flexibility index (Phi) is 3.17. The molecule has 1 aromatic carbocycles. The van der Waals surface area contributed by atoms with E-state index in [1.165, 1.54) is 5.56 Å². The molecule has 2 nitrogen and oxygen atoms in total. The normalized spacial score (nSPS) is 17.0. The largest absolute Gasteiger partial charge is 0.314 e. The van der Waals surface area contributed by atoms with Crippen molar-refractivity contribution in [3.05, 3.63) is 35.9 Å². The second-order valence-electron chi connectivity index (χ2n) is 4.03. The summed E-state index contributed by atoms with van der Waals surface area (Å²) in [7, 11) is 2.22. The molecular formula is C12H18N2. The van der Waals surface area contributed by atoms with Crippen molar-refractivity contribution in [1.82, 2.24) is 10.2 Å². The summed E-state index contributed by atoms with van der Waals surface area (Å²) >= 11 is 0. The van der Waals surface area contributed by atoms with Crippen molar-refractivity contribution in [3.8, 4) is 0 Å². The van der Waals surface area contributed by atoms with Gasteiger partial charge in [-0.3, -0.25) is 0 Å². The third-order valence-corrected chi connectivity index (χ3v) is 2.98. The molecule has 2 heteroatoms. The molecule has 0 unspecified atom stereocenters. The van der Waals surface area contributed by atoms with Gasteiger partial charge < -0.3 is 10.2 Å². The van der Waals surface area contributed by atoms with Crippen LogP contribution in [0.3, 0.4) is 0 Å². The molecule has 0 saturated carbocycles. The van der Waals surface area contributed by atoms with E-state index in [0.29, 0.717) is 0 Å². The highest BCUT2D eigenvalue weighted by atomic mass is 15.2. The highest BCUT2D eigenvalue weighted by molar-refractivity contribution is 5.14. The number of hydrogen-bond acceptors (Lipinski definition) is 2. The number of likely N-dealkylation sites (N-methyl/N-ethyl adjacent to an activating group) is 1. The van der Waals surface area contributed by atoms with Gasteiger partial charge in [0.15, 0.2) is 0 Å². The van der Waals surface area contributed by atoms with Gasteiger partial charge in [0.25, 0.3) is 0 Å². The monoisotopic (exact) mass is 190 g/mol. The zero-order chi connectivity index (χ0) is 9.80. The first-order valence-electron chi connectivity index (χ1n) is 5.31. The molecule has 0 aromatic heterocycles. The minimum atomic E-state index is 0.763. The third kappa shape index (κ3) is 2.34. The summed E-state index contributed by atoms with van der Waals surface area (Å²) in [6, 6.07) is 11.5. The Labute approximate surface area is 85.9 Å². The Morgan fingerprint density at radius 2 is 2.00 bits per heavy atom. The Morgan fingerprint density at radius 1 is 1.29 bits per heavy atom. The highest BCUT2D eigenvalue weighted by Gasteiger charge is 2.20. The molecule has 76 valence electrons. The van der Waals surface area contributed by atoms with Gasteiger partial charge in [-0.2, -0.15) is 0 Å². The lowest BCUT2D eigenvalue weighted by Gasteiger charge is -2.35. The van der Waals surface area contributed by atoms with Crippen LogP contribution in [0.4, 0.5) is 0 Å². The van der Waals surface area contributed by atoms with Gasteiger partial charge in [-0.25, -0.2) is 0 Å². The van der Waals surface area contributed by atoms with Crippen molar-refractivity contribution >= 4 is 0 Å². The zero-order valence-corrected chi connectivity index (χ0v) is 8.74. The molecule has 0 atom stereocenters. The van der Waals surface area contributed by atoms with Crippen molar-refractivity contribution in [2.75, 3.05) is 26.7 Å².